The Morgan fingerprint density at radius 1 is 1.40 bits per heavy atom. The van der Waals surface area contributed by atoms with E-state index < -0.39 is 0 Å². The van der Waals surface area contributed by atoms with Crippen molar-refractivity contribution < 1.29 is 9.90 Å². The van der Waals surface area contributed by atoms with Gasteiger partial charge in [-0.3, -0.25) is 4.79 Å². The molecule has 1 aliphatic rings. The first-order chi connectivity index (χ1) is 12.1. The lowest BCUT2D eigenvalue weighted by Crippen LogP contribution is -2.46. The van der Waals surface area contributed by atoms with Crippen LogP contribution in [0.4, 0.5) is 0 Å². The van der Waals surface area contributed by atoms with E-state index in [9.17, 15) is 9.90 Å². The Balaban J connectivity index is 1.66. The highest BCUT2D eigenvalue weighted by molar-refractivity contribution is 7.13. The van der Waals surface area contributed by atoms with Gasteiger partial charge in [-0.25, -0.2) is 4.98 Å². The molecule has 4 heterocycles. The molecule has 3 aromatic rings. The summed E-state index contributed by atoms with van der Waals surface area (Å²) >= 11 is 1.66. The Hall–Kier alpha value is -2.18. The second-order valence-corrected chi connectivity index (χ2v) is 7.63. The third-order valence-corrected chi connectivity index (χ3v) is 5.83. The summed E-state index contributed by atoms with van der Waals surface area (Å²) in [5, 5.41) is 13.0. The van der Waals surface area contributed by atoms with E-state index in [1.807, 2.05) is 40.0 Å². The number of hydrogen-bond acceptors (Lipinski definition) is 4. The Morgan fingerprint density at radius 3 is 3.04 bits per heavy atom. The number of nitrogens with zero attached hydrogens (tertiary/aromatic N) is 3. The molecule has 130 valence electrons. The van der Waals surface area contributed by atoms with E-state index in [-0.39, 0.29) is 24.5 Å². The highest BCUT2D eigenvalue weighted by Crippen LogP contribution is 2.30. The van der Waals surface area contributed by atoms with E-state index in [4.69, 9.17) is 0 Å². The first-order valence-electron chi connectivity index (χ1n) is 8.57. The van der Waals surface area contributed by atoms with Crippen molar-refractivity contribution in [2.45, 2.75) is 26.0 Å². The number of hydrogen-bond donors (Lipinski definition) is 1. The summed E-state index contributed by atoms with van der Waals surface area (Å²) in [6, 6.07) is 10.1. The smallest absolute Gasteiger partial charge is 0.242 e. The molecule has 0 bridgehead atoms. The highest BCUT2D eigenvalue weighted by atomic mass is 32.1. The van der Waals surface area contributed by atoms with Crippen molar-refractivity contribution in [1.82, 2.24) is 14.5 Å². The van der Waals surface area contributed by atoms with Crippen molar-refractivity contribution in [3.8, 4) is 10.6 Å². The van der Waals surface area contributed by atoms with Crippen LogP contribution in [0.3, 0.4) is 0 Å². The summed E-state index contributed by atoms with van der Waals surface area (Å²) < 4.78 is 2.01. The summed E-state index contributed by atoms with van der Waals surface area (Å²) in [5.74, 6) is 0.203. The maximum Gasteiger partial charge on any atom is 0.242 e. The van der Waals surface area contributed by atoms with Crippen LogP contribution in [0, 0.1) is 5.92 Å². The molecule has 0 aromatic carbocycles. The van der Waals surface area contributed by atoms with E-state index in [0.717, 1.165) is 21.6 Å². The fourth-order valence-electron chi connectivity index (χ4n) is 3.47. The zero-order chi connectivity index (χ0) is 17.4. The zero-order valence-corrected chi connectivity index (χ0v) is 14.9. The second-order valence-electron chi connectivity index (χ2n) is 6.68. The van der Waals surface area contributed by atoms with Gasteiger partial charge in [-0.1, -0.05) is 13.0 Å². The number of pyridine rings is 1. The number of thiophene rings is 1. The third-order valence-electron chi connectivity index (χ3n) is 4.94. The number of piperidine rings is 1. The van der Waals surface area contributed by atoms with Crippen LogP contribution >= 0.6 is 11.3 Å². The second kappa shape index (κ2) is 6.61. The molecule has 0 spiro atoms. The first kappa shape index (κ1) is 16.3. The standard InChI is InChI=1S/C19H21N3O2S/c1-13-11-21(8-6-16(13)23)18(24)12-22-15(17-5-3-9-25-17)10-14-4-2-7-20-19(14)22/h2-5,7,9-10,13,16,23H,6,8,11-12H2,1H3. The highest BCUT2D eigenvalue weighted by Gasteiger charge is 2.28. The largest absolute Gasteiger partial charge is 0.393 e. The van der Waals surface area contributed by atoms with Crippen LogP contribution < -0.4 is 0 Å². The SMILES string of the molecule is CC1CN(C(=O)Cn2c(-c3cccs3)cc3cccnc32)CCC1O. The zero-order valence-electron chi connectivity index (χ0n) is 14.1. The minimum Gasteiger partial charge on any atom is -0.393 e. The van der Waals surface area contributed by atoms with Crippen molar-refractivity contribution in [1.29, 1.82) is 0 Å². The van der Waals surface area contributed by atoms with Gasteiger partial charge in [0, 0.05) is 24.7 Å². The van der Waals surface area contributed by atoms with Gasteiger partial charge in [0.1, 0.15) is 12.2 Å². The van der Waals surface area contributed by atoms with Crippen LogP contribution in [-0.4, -0.2) is 44.7 Å². The molecule has 0 aliphatic carbocycles. The van der Waals surface area contributed by atoms with Gasteiger partial charge in [0.2, 0.25) is 5.91 Å². The van der Waals surface area contributed by atoms with Gasteiger partial charge in [0.05, 0.1) is 16.7 Å². The minimum absolute atomic E-state index is 0.0831. The molecular weight excluding hydrogens is 334 g/mol. The molecule has 1 N–H and O–H groups in total. The summed E-state index contributed by atoms with van der Waals surface area (Å²) in [6.45, 7) is 3.50. The number of aromatic nitrogens is 2. The van der Waals surface area contributed by atoms with Gasteiger partial charge in [-0.05, 0) is 42.0 Å². The molecule has 0 radical (unpaired) electrons. The predicted octanol–water partition coefficient (Wildman–Crippen LogP) is 2.99. The van der Waals surface area contributed by atoms with E-state index in [0.29, 0.717) is 19.5 Å². The number of aliphatic hydroxyl groups excluding tert-OH is 1. The molecule has 25 heavy (non-hydrogen) atoms. The number of amides is 1. The molecule has 6 heteroatoms. The van der Waals surface area contributed by atoms with Crippen LogP contribution in [0.25, 0.3) is 21.6 Å². The molecule has 1 saturated heterocycles. The summed E-state index contributed by atoms with van der Waals surface area (Å²) in [4.78, 5) is 20.4. The Labute approximate surface area is 150 Å². The number of fused-ring (bicyclic) bond motifs is 1. The Kier molecular flexibility index (Phi) is 4.31. The minimum atomic E-state index is -0.306. The van der Waals surface area contributed by atoms with Crippen LogP contribution in [0.2, 0.25) is 0 Å². The molecule has 1 fully saturated rings. The van der Waals surface area contributed by atoms with Crippen LogP contribution in [0.5, 0.6) is 0 Å². The third kappa shape index (κ3) is 3.07. The molecule has 1 amide bonds. The number of carbonyl (C=O) groups excluding carboxylic acids is 1. The molecule has 2 atom stereocenters. The number of rotatable bonds is 3. The fraction of sp³-hybridized carbons (Fsp3) is 0.368. The average molecular weight is 355 g/mol. The fourth-order valence-corrected chi connectivity index (χ4v) is 4.22. The lowest BCUT2D eigenvalue weighted by atomic mass is 9.97. The van der Waals surface area contributed by atoms with Crippen molar-refractivity contribution >= 4 is 28.3 Å². The number of carbonyl (C=O) groups is 1. The maximum absolute atomic E-state index is 12.9. The summed E-state index contributed by atoms with van der Waals surface area (Å²) in [5.41, 5.74) is 1.87. The predicted molar refractivity (Wildman–Crippen MR) is 99.4 cm³/mol. The molecule has 3 aromatic heterocycles. The van der Waals surface area contributed by atoms with Gasteiger partial charge in [0.15, 0.2) is 0 Å². The number of aliphatic hydroxyl groups is 1. The monoisotopic (exact) mass is 355 g/mol. The summed E-state index contributed by atoms with van der Waals surface area (Å²) in [7, 11) is 0. The molecule has 1 aliphatic heterocycles. The van der Waals surface area contributed by atoms with Gasteiger partial charge in [-0.2, -0.15) is 0 Å². The quantitative estimate of drug-likeness (QED) is 0.786. The molecule has 0 saturated carbocycles. The topological polar surface area (TPSA) is 58.4 Å². The van der Waals surface area contributed by atoms with Crippen molar-refractivity contribution in [2.24, 2.45) is 5.92 Å². The average Bonchev–Trinajstić information content (AvgIpc) is 3.25. The normalized spacial score (nSPS) is 21.0. The van der Waals surface area contributed by atoms with E-state index in [1.165, 1.54) is 0 Å². The van der Waals surface area contributed by atoms with Gasteiger partial charge in [0.25, 0.3) is 0 Å². The lowest BCUT2D eigenvalue weighted by Gasteiger charge is -2.34. The van der Waals surface area contributed by atoms with E-state index >= 15 is 0 Å². The van der Waals surface area contributed by atoms with Gasteiger partial charge < -0.3 is 14.6 Å². The molecular formula is C19H21N3O2S. The first-order valence-corrected chi connectivity index (χ1v) is 9.45. The lowest BCUT2D eigenvalue weighted by molar-refractivity contribution is -0.135. The van der Waals surface area contributed by atoms with Crippen LogP contribution in [-0.2, 0) is 11.3 Å². The Morgan fingerprint density at radius 2 is 2.28 bits per heavy atom. The molecule has 5 nitrogen and oxygen atoms in total. The van der Waals surface area contributed by atoms with Crippen molar-refractivity contribution in [3.63, 3.8) is 0 Å². The Bertz CT molecular complexity index is 887. The van der Waals surface area contributed by atoms with Gasteiger partial charge in [-0.15, -0.1) is 11.3 Å². The number of likely N-dealkylation sites (tertiary alicyclic amines) is 1. The van der Waals surface area contributed by atoms with Crippen LogP contribution in [0.1, 0.15) is 13.3 Å². The van der Waals surface area contributed by atoms with Gasteiger partial charge >= 0.3 is 0 Å². The summed E-state index contributed by atoms with van der Waals surface area (Å²) in [6.07, 6.45) is 2.11. The van der Waals surface area contributed by atoms with E-state index in [2.05, 4.69) is 17.1 Å². The molecule has 2 unspecified atom stereocenters. The maximum atomic E-state index is 12.9. The van der Waals surface area contributed by atoms with Crippen molar-refractivity contribution in [2.75, 3.05) is 13.1 Å². The van der Waals surface area contributed by atoms with Crippen molar-refractivity contribution in [3.05, 3.63) is 41.9 Å². The molecule has 4 rings (SSSR count). The van der Waals surface area contributed by atoms with Crippen LogP contribution in [0.15, 0.2) is 41.9 Å². The van der Waals surface area contributed by atoms with E-state index in [1.54, 1.807) is 17.5 Å².